The molecule has 0 saturated heterocycles. The molecule has 3 N–H and O–H groups in total. The van der Waals surface area contributed by atoms with Crippen LogP contribution in [0.5, 0.6) is 0 Å². The monoisotopic (exact) mass is 221 g/mol. The predicted octanol–water partition coefficient (Wildman–Crippen LogP) is 2.21. The maximum Gasteiger partial charge on any atom is 0.0419 e. The minimum absolute atomic E-state index is 0.347. The largest absolute Gasteiger partial charge is 0.271 e. The van der Waals surface area contributed by atoms with E-state index in [2.05, 4.69) is 36.4 Å². The van der Waals surface area contributed by atoms with Crippen LogP contribution in [0.25, 0.3) is 0 Å². The SMILES string of the molecule is CCCCC(Cc1ccc(CC)cn1)NN. The lowest BCUT2D eigenvalue weighted by Gasteiger charge is -2.14. The van der Waals surface area contributed by atoms with Gasteiger partial charge < -0.3 is 0 Å². The van der Waals surface area contributed by atoms with Crippen molar-refractivity contribution in [1.29, 1.82) is 0 Å². The maximum atomic E-state index is 5.54. The number of hydrazine groups is 1. The first-order valence-electron chi connectivity index (χ1n) is 6.20. The standard InChI is InChI=1S/C13H23N3/c1-3-5-6-13(16-14)9-12-8-7-11(4-2)10-15-12/h7-8,10,13,16H,3-6,9,14H2,1-2H3. The first-order chi connectivity index (χ1) is 7.80. The lowest BCUT2D eigenvalue weighted by Crippen LogP contribution is -2.36. The van der Waals surface area contributed by atoms with Gasteiger partial charge in [-0.3, -0.25) is 16.3 Å². The molecule has 0 fully saturated rings. The number of unbranched alkanes of at least 4 members (excludes halogenated alkanes) is 1. The number of aromatic nitrogens is 1. The summed E-state index contributed by atoms with van der Waals surface area (Å²) in [5, 5.41) is 0. The van der Waals surface area contributed by atoms with E-state index in [1.54, 1.807) is 0 Å². The summed E-state index contributed by atoms with van der Waals surface area (Å²) in [6, 6.07) is 4.60. The molecule has 0 aliphatic rings. The van der Waals surface area contributed by atoms with Crippen molar-refractivity contribution in [3.8, 4) is 0 Å². The van der Waals surface area contributed by atoms with Gasteiger partial charge in [-0.25, -0.2) is 0 Å². The molecule has 3 heteroatoms. The third-order valence-electron chi connectivity index (χ3n) is 2.89. The van der Waals surface area contributed by atoms with Crippen molar-refractivity contribution in [2.45, 2.75) is 52.0 Å². The molecule has 1 aromatic heterocycles. The van der Waals surface area contributed by atoms with Crippen LogP contribution in [0.15, 0.2) is 18.3 Å². The molecular weight excluding hydrogens is 198 g/mol. The highest BCUT2D eigenvalue weighted by Gasteiger charge is 2.07. The van der Waals surface area contributed by atoms with Crippen LogP contribution in [0.2, 0.25) is 0 Å². The number of hydrogen-bond donors (Lipinski definition) is 2. The minimum Gasteiger partial charge on any atom is -0.271 e. The van der Waals surface area contributed by atoms with Crippen LogP contribution in [0.3, 0.4) is 0 Å². The van der Waals surface area contributed by atoms with E-state index in [0.717, 1.165) is 25.0 Å². The van der Waals surface area contributed by atoms with Gasteiger partial charge in [0, 0.05) is 24.4 Å². The molecule has 0 radical (unpaired) electrons. The van der Waals surface area contributed by atoms with Crippen molar-refractivity contribution in [2.24, 2.45) is 5.84 Å². The molecule has 1 unspecified atom stereocenters. The third kappa shape index (κ3) is 4.29. The summed E-state index contributed by atoms with van der Waals surface area (Å²) in [7, 11) is 0. The molecule has 16 heavy (non-hydrogen) atoms. The number of rotatable bonds is 7. The molecule has 0 aromatic carbocycles. The van der Waals surface area contributed by atoms with Crippen molar-refractivity contribution in [1.82, 2.24) is 10.4 Å². The van der Waals surface area contributed by atoms with Gasteiger partial charge >= 0.3 is 0 Å². The molecule has 0 spiro atoms. The summed E-state index contributed by atoms with van der Waals surface area (Å²) in [6.45, 7) is 4.34. The Labute approximate surface area is 98.4 Å². The summed E-state index contributed by atoms with van der Waals surface area (Å²) in [5.41, 5.74) is 5.28. The van der Waals surface area contributed by atoms with E-state index in [0.29, 0.717) is 6.04 Å². The van der Waals surface area contributed by atoms with Crippen molar-refractivity contribution in [3.63, 3.8) is 0 Å². The lowest BCUT2D eigenvalue weighted by molar-refractivity contribution is 0.470. The maximum absolute atomic E-state index is 5.54. The van der Waals surface area contributed by atoms with E-state index in [9.17, 15) is 0 Å². The zero-order valence-corrected chi connectivity index (χ0v) is 10.4. The molecular formula is C13H23N3. The van der Waals surface area contributed by atoms with E-state index in [-0.39, 0.29) is 0 Å². The zero-order chi connectivity index (χ0) is 11.8. The number of hydrogen-bond acceptors (Lipinski definition) is 3. The third-order valence-corrected chi connectivity index (χ3v) is 2.89. The van der Waals surface area contributed by atoms with Crippen LogP contribution in [-0.2, 0) is 12.8 Å². The Morgan fingerprint density at radius 3 is 2.69 bits per heavy atom. The number of nitrogens with one attached hydrogen (secondary N) is 1. The highest BCUT2D eigenvalue weighted by molar-refractivity contribution is 5.14. The summed E-state index contributed by atoms with van der Waals surface area (Å²) in [6.07, 6.45) is 7.46. The second-order valence-electron chi connectivity index (χ2n) is 4.22. The summed E-state index contributed by atoms with van der Waals surface area (Å²) in [4.78, 5) is 4.45. The molecule has 90 valence electrons. The van der Waals surface area contributed by atoms with Gasteiger partial charge in [-0.15, -0.1) is 0 Å². The Kier molecular flexibility index (Phi) is 6.04. The highest BCUT2D eigenvalue weighted by atomic mass is 15.2. The lowest BCUT2D eigenvalue weighted by atomic mass is 10.0. The Balaban J connectivity index is 2.49. The molecule has 3 nitrogen and oxygen atoms in total. The van der Waals surface area contributed by atoms with Crippen LogP contribution in [-0.4, -0.2) is 11.0 Å². The minimum atomic E-state index is 0.347. The summed E-state index contributed by atoms with van der Waals surface area (Å²) < 4.78 is 0. The molecule has 0 amide bonds. The van der Waals surface area contributed by atoms with Crippen molar-refractivity contribution >= 4 is 0 Å². The molecule has 1 aromatic rings. The van der Waals surface area contributed by atoms with Crippen molar-refractivity contribution in [2.75, 3.05) is 0 Å². The topological polar surface area (TPSA) is 50.9 Å². The van der Waals surface area contributed by atoms with E-state index in [1.807, 2.05) is 6.20 Å². The second-order valence-corrected chi connectivity index (χ2v) is 4.22. The highest BCUT2D eigenvalue weighted by Crippen LogP contribution is 2.07. The van der Waals surface area contributed by atoms with Gasteiger partial charge in [0.15, 0.2) is 0 Å². The molecule has 0 bridgehead atoms. The van der Waals surface area contributed by atoms with Crippen LogP contribution >= 0.6 is 0 Å². The first kappa shape index (κ1) is 13.1. The number of pyridine rings is 1. The van der Waals surface area contributed by atoms with Crippen LogP contribution in [0.4, 0.5) is 0 Å². The molecule has 0 aliphatic carbocycles. The van der Waals surface area contributed by atoms with Crippen LogP contribution in [0, 0.1) is 0 Å². The summed E-state index contributed by atoms with van der Waals surface area (Å²) >= 11 is 0. The van der Waals surface area contributed by atoms with Crippen molar-refractivity contribution in [3.05, 3.63) is 29.6 Å². The predicted molar refractivity (Wildman–Crippen MR) is 68.0 cm³/mol. The average Bonchev–Trinajstić information content (AvgIpc) is 2.35. The van der Waals surface area contributed by atoms with Crippen molar-refractivity contribution < 1.29 is 0 Å². The molecule has 1 rings (SSSR count). The van der Waals surface area contributed by atoms with Gasteiger partial charge in [-0.05, 0) is 24.5 Å². The fraction of sp³-hybridized carbons (Fsp3) is 0.615. The van der Waals surface area contributed by atoms with Gasteiger partial charge in [-0.2, -0.15) is 0 Å². The van der Waals surface area contributed by atoms with E-state index in [4.69, 9.17) is 5.84 Å². The fourth-order valence-corrected chi connectivity index (χ4v) is 1.73. The Bertz CT molecular complexity index is 282. The smallest absolute Gasteiger partial charge is 0.0419 e. The summed E-state index contributed by atoms with van der Waals surface area (Å²) in [5.74, 6) is 5.54. The second kappa shape index (κ2) is 7.36. The van der Waals surface area contributed by atoms with E-state index < -0.39 is 0 Å². The van der Waals surface area contributed by atoms with Gasteiger partial charge in [0.25, 0.3) is 0 Å². The van der Waals surface area contributed by atoms with E-state index >= 15 is 0 Å². The van der Waals surface area contributed by atoms with Gasteiger partial charge in [-0.1, -0.05) is 32.8 Å². The van der Waals surface area contributed by atoms with Crippen LogP contribution in [0.1, 0.15) is 44.4 Å². The van der Waals surface area contributed by atoms with Gasteiger partial charge in [0.05, 0.1) is 0 Å². The normalized spacial score (nSPS) is 12.7. The molecule has 0 aliphatic heterocycles. The first-order valence-corrected chi connectivity index (χ1v) is 6.20. The number of nitrogens with zero attached hydrogens (tertiary/aromatic N) is 1. The zero-order valence-electron chi connectivity index (χ0n) is 10.4. The van der Waals surface area contributed by atoms with Gasteiger partial charge in [0.2, 0.25) is 0 Å². The fourth-order valence-electron chi connectivity index (χ4n) is 1.73. The number of nitrogens with two attached hydrogens (primary N) is 1. The quantitative estimate of drug-likeness (QED) is 0.548. The Morgan fingerprint density at radius 1 is 1.38 bits per heavy atom. The van der Waals surface area contributed by atoms with Crippen LogP contribution < -0.4 is 11.3 Å². The molecule has 0 saturated carbocycles. The van der Waals surface area contributed by atoms with Gasteiger partial charge in [0.1, 0.15) is 0 Å². The Morgan fingerprint density at radius 2 is 2.19 bits per heavy atom. The number of aryl methyl sites for hydroxylation is 1. The molecule has 1 heterocycles. The van der Waals surface area contributed by atoms with E-state index in [1.165, 1.54) is 18.4 Å². The Hall–Kier alpha value is -0.930. The molecule has 1 atom stereocenters. The average molecular weight is 221 g/mol.